The fourth-order valence-corrected chi connectivity index (χ4v) is 4.46. The monoisotopic (exact) mass is 554 g/mol. The van der Waals surface area contributed by atoms with E-state index in [9.17, 15) is 29.1 Å². The Hall–Kier alpha value is -4.41. The Morgan fingerprint density at radius 1 is 1.00 bits per heavy atom. The second-order valence-corrected chi connectivity index (χ2v) is 9.56. The lowest BCUT2D eigenvalue weighted by Gasteiger charge is -2.29. The van der Waals surface area contributed by atoms with Gasteiger partial charge >= 0.3 is 17.9 Å². The van der Waals surface area contributed by atoms with Gasteiger partial charge in [0.05, 0.1) is 23.6 Å². The molecule has 1 saturated heterocycles. The van der Waals surface area contributed by atoms with Gasteiger partial charge < -0.3 is 30.0 Å². The molecule has 3 rings (SSSR count). The molecule has 1 aliphatic rings. The van der Waals surface area contributed by atoms with E-state index in [1.54, 1.807) is 24.3 Å². The minimum absolute atomic E-state index is 0.00767. The molecule has 2 aromatic carbocycles. The number of hydrogen-bond acceptors (Lipinski definition) is 9. The van der Waals surface area contributed by atoms with E-state index in [-0.39, 0.29) is 17.7 Å². The number of carbonyl (C=O) groups is 5. The second kappa shape index (κ2) is 14.1. The van der Waals surface area contributed by atoms with Crippen molar-refractivity contribution < 1.29 is 43.3 Å². The zero-order valence-corrected chi connectivity index (χ0v) is 22.6. The minimum atomic E-state index is -1.44. The highest BCUT2D eigenvalue weighted by Crippen LogP contribution is 2.29. The number of aromatic hydroxyl groups is 1. The minimum Gasteiger partial charge on any atom is -0.505 e. The zero-order valence-electron chi connectivity index (χ0n) is 22.6. The van der Waals surface area contributed by atoms with Gasteiger partial charge in [-0.05, 0) is 38.0 Å². The number of unbranched alkanes of at least 4 members (excludes halogenated alkanes) is 1. The Labute approximate surface area is 232 Å². The first-order chi connectivity index (χ1) is 19.2. The summed E-state index contributed by atoms with van der Waals surface area (Å²) in [6.45, 7) is 4.89. The van der Waals surface area contributed by atoms with E-state index in [4.69, 9.17) is 14.2 Å². The lowest BCUT2D eigenvalue weighted by atomic mass is 9.92. The number of cyclic esters (lactones) is 2. The van der Waals surface area contributed by atoms with Crippen LogP contribution in [0.4, 0.5) is 5.69 Å². The molecule has 3 N–H and O–H groups in total. The molecule has 40 heavy (non-hydrogen) atoms. The summed E-state index contributed by atoms with van der Waals surface area (Å²) in [5.41, 5.74) is 0.492. The molecule has 1 fully saturated rings. The quantitative estimate of drug-likeness (QED) is 0.174. The first-order valence-corrected chi connectivity index (χ1v) is 13.1. The van der Waals surface area contributed by atoms with Crippen LogP contribution in [0.2, 0.25) is 0 Å². The number of phenolic OH excluding ortho intramolecular Hbond substituents is 1. The maximum atomic E-state index is 13.3. The highest BCUT2D eigenvalue weighted by Gasteiger charge is 2.43. The normalized spacial score (nSPS) is 22.9. The van der Waals surface area contributed by atoms with Crippen molar-refractivity contribution in [1.82, 2.24) is 5.32 Å². The van der Waals surface area contributed by atoms with Crippen LogP contribution in [0.1, 0.15) is 56.0 Å². The highest BCUT2D eigenvalue weighted by molar-refractivity contribution is 6.01. The van der Waals surface area contributed by atoms with E-state index in [0.717, 1.165) is 12.0 Å². The molecule has 11 heteroatoms. The molecule has 2 aromatic rings. The lowest BCUT2D eigenvalue weighted by Crippen LogP contribution is -2.50. The summed E-state index contributed by atoms with van der Waals surface area (Å²) in [5.74, 6) is -4.48. The Morgan fingerprint density at radius 2 is 1.70 bits per heavy atom. The Morgan fingerprint density at radius 3 is 2.38 bits per heavy atom. The fourth-order valence-electron chi connectivity index (χ4n) is 4.46. The summed E-state index contributed by atoms with van der Waals surface area (Å²) < 4.78 is 17.0. The molecule has 0 spiro atoms. The number of anilines is 1. The average molecular weight is 555 g/mol. The third-order valence-corrected chi connectivity index (χ3v) is 6.60. The smallest absolute Gasteiger partial charge is 0.332 e. The number of amides is 2. The number of nitrogens with one attached hydrogen (secondary N) is 2. The van der Waals surface area contributed by atoms with E-state index in [1.807, 2.05) is 13.0 Å². The van der Waals surface area contributed by atoms with Gasteiger partial charge in [0.1, 0.15) is 12.2 Å². The summed E-state index contributed by atoms with van der Waals surface area (Å²) in [5, 5.41) is 15.1. The molecule has 2 amide bonds. The molecule has 0 aliphatic carbocycles. The molecule has 1 heterocycles. The predicted molar refractivity (Wildman–Crippen MR) is 143 cm³/mol. The van der Waals surface area contributed by atoms with Crippen molar-refractivity contribution in [3.05, 3.63) is 59.7 Å². The number of phenols is 1. The molecular weight excluding hydrogens is 520 g/mol. The number of benzene rings is 2. The van der Waals surface area contributed by atoms with Gasteiger partial charge in [0.2, 0.25) is 6.41 Å². The maximum absolute atomic E-state index is 13.3. The molecule has 214 valence electrons. The van der Waals surface area contributed by atoms with Crippen LogP contribution < -0.4 is 10.6 Å². The average Bonchev–Trinajstić information content (AvgIpc) is 2.94. The molecular formula is C29H34N2O9. The van der Waals surface area contributed by atoms with Crippen LogP contribution in [-0.2, 0) is 39.8 Å². The van der Waals surface area contributed by atoms with Crippen LogP contribution in [0, 0.1) is 5.92 Å². The van der Waals surface area contributed by atoms with Crippen LogP contribution >= 0.6 is 0 Å². The van der Waals surface area contributed by atoms with Crippen molar-refractivity contribution in [1.29, 1.82) is 0 Å². The number of ether oxygens (including phenoxy) is 3. The zero-order chi connectivity index (χ0) is 29.2. The molecule has 1 aliphatic heterocycles. The number of rotatable bonds is 10. The molecule has 0 radical (unpaired) electrons. The molecule has 11 nitrogen and oxygen atoms in total. The standard InChI is InChI=1S/C29H34N2O9/c1-4-5-12-21-26(40-23(33)15-19-10-7-6-8-11-19)18(3)39-29(37)24(17(2)38-28(21)36)31-27(35)20-13-9-14-22(25(20)34)30-16-32/h6-11,13-14,16-18,21,24,26,34H,4-5,12,15H2,1-3H3,(H,30,32)(H,31,35)/t17-,18+,21-,24+,26+/m1/s1. The van der Waals surface area contributed by atoms with Crippen LogP contribution in [0.15, 0.2) is 48.5 Å². The Kier molecular flexibility index (Phi) is 10.6. The number of carbonyl (C=O) groups excluding carboxylic acids is 5. The summed E-state index contributed by atoms with van der Waals surface area (Å²) >= 11 is 0. The van der Waals surface area contributed by atoms with Crippen LogP contribution in [-0.4, -0.2) is 59.7 Å². The topological polar surface area (TPSA) is 157 Å². The van der Waals surface area contributed by atoms with Crippen molar-refractivity contribution in [3.8, 4) is 5.75 Å². The van der Waals surface area contributed by atoms with Crippen molar-refractivity contribution >= 4 is 35.9 Å². The van der Waals surface area contributed by atoms with Crippen molar-refractivity contribution in [2.45, 2.75) is 70.8 Å². The fraction of sp³-hybridized carbons (Fsp3) is 0.414. The van der Waals surface area contributed by atoms with E-state index in [1.165, 1.54) is 32.0 Å². The van der Waals surface area contributed by atoms with E-state index < -0.39 is 59.8 Å². The van der Waals surface area contributed by atoms with Gasteiger partial charge in [-0.2, -0.15) is 0 Å². The number of para-hydroxylation sites is 1. The molecule has 5 atom stereocenters. The first kappa shape index (κ1) is 30.1. The largest absolute Gasteiger partial charge is 0.505 e. The third kappa shape index (κ3) is 7.58. The van der Waals surface area contributed by atoms with E-state index in [0.29, 0.717) is 19.3 Å². The van der Waals surface area contributed by atoms with Crippen molar-refractivity contribution in [2.75, 3.05) is 5.32 Å². The van der Waals surface area contributed by atoms with Gasteiger partial charge in [-0.15, -0.1) is 0 Å². The van der Waals surface area contributed by atoms with Crippen molar-refractivity contribution in [3.63, 3.8) is 0 Å². The van der Waals surface area contributed by atoms with Gasteiger partial charge in [-0.25, -0.2) is 4.79 Å². The van der Waals surface area contributed by atoms with Crippen LogP contribution in [0.3, 0.4) is 0 Å². The second-order valence-electron chi connectivity index (χ2n) is 9.56. The first-order valence-electron chi connectivity index (χ1n) is 13.1. The van der Waals surface area contributed by atoms with E-state index in [2.05, 4.69) is 10.6 Å². The highest BCUT2D eigenvalue weighted by atomic mass is 16.6. The van der Waals surface area contributed by atoms with Crippen molar-refractivity contribution in [2.24, 2.45) is 5.92 Å². The van der Waals surface area contributed by atoms with Gasteiger partial charge in [-0.1, -0.05) is 56.2 Å². The summed E-state index contributed by atoms with van der Waals surface area (Å²) in [4.78, 5) is 63.2. The van der Waals surface area contributed by atoms with Crippen LogP contribution in [0.5, 0.6) is 5.75 Å². The van der Waals surface area contributed by atoms with E-state index >= 15 is 0 Å². The summed E-state index contributed by atoms with van der Waals surface area (Å²) in [6, 6.07) is 11.6. The molecule has 0 bridgehead atoms. The van der Waals surface area contributed by atoms with Gasteiger partial charge in [0, 0.05) is 0 Å². The SMILES string of the molecule is CCCC[C@H]1C(=O)O[C@H](C)[C@H](NC(=O)c2cccc(NC=O)c2O)C(=O)O[C@@H](C)[C@@H]1OC(=O)Cc1ccccc1. The summed E-state index contributed by atoms with van der Waals surface area (Å²) in [7, 11) is 0. The predicted octanol–water partition coefficient (Wildman–Crippen LogP) is 2.90. The van der Waals surface area contributed by atoms with Gasteiger partial charge in [0.25, 0.3) is 5.91 Å². The van der Waals surface area contributed by atoms with Gasteiger partial charge in [0.15, 0.2) is 17.9 Å². The van der Waals surface area contributed by atoms with Crippen LogP contribution in [0.25, 0.3) is 0 Å². The Balaban J connectivity index is 1.85. The number of hydrogen-bond donors (Lipinski definition) is 3. The number of esters is 3. The molecule has 0 unspecified atom stereocenters. The van der Waals surface area contributed by atoms with Gasteiger partial charge in [-0.3, -0.25) is 19.2 Å². The maximum Gasteiger partial charge on any atom is 0.332 e. The third-order valence-electron chi connectivity index (χ3n) is 6.60. The summed E-state index contributed by atoms with van der Waals surface area (Å²) in [6.07, 6.45) is -1.29. The lowest BCUT2D eigenvalue weighted by molar-refractivity contribution is -0.174. The Bertz CT molecular complexity index is 1220. The molecule has 0 saturated carbocycles. The molecule has 0 aromatic heterocycles.